The Balaban J connectivity index is 1.43. The molecule has 0 spiro atoms. The molecule has 0 radical (unpaired) electrons. The lowest BCUT2D eigenvalue weighted by atomic mass is 9.84. The molecule has 2 heterocycles. The second kappa shape index (κ2) is 9.41. The van der Waals surface area contributed by atoms with E-state index in [1.807, 2.05) is 6.20 Å². The number of amides is 1. The second-order valence-corrected chi connectivity index (χ2v) is 11.1. The topological polar surface area (TPSA) is 94.0 Å². The molecule has 0 bridgehead atoms. The summed E-state index contributed by atoms with van der Waals surface area (Å²) >= 11 is 3.11. The zero-order valence-electron chi connectivity index (χ0n) is 16.9. The number of nitrogens with zero attached hydrogens (tertiary/aromatic N) is 2. The molecule has 0 saturated heterocycles. The van der Waals surface area contributed by atoms with Crippen molar-refractivity contribution in [1.29, 1.82) is 0 Å². The lowest BCUT2D eigenvalue weighted by Gasteiger charge is -2.25. The van der Waals surface area contributed by atoms with Crippen molar-refractivity contribution in [3.8, 4) is 0 Å². The minimum atomic E-state index is 0.0471. The first-order valence-electron chi connectivity index (χ1n) is 9.84. The monoisotopic (exact) mass is 422 g/mol. The molecule has 3 rings (SSSR count). The normalized spacial score (nSPS) is 20.3. The third kappa shape index (κ3) is 6.90. The Bertz CT molecular complexity index is 773. The van der Waals surface area contributed by atoms with Gasteiger partial charge in [0.1, 0.15) is 5.76 Å². The Morgan fingerprint density at radius 2 is 2.04 bits per heavy atom. The Kier molecular flexibility index (Phi) is 7.17. The summed E-state index contributed by atoms with van der Waals surface area (Å²) in [6.45, 7) is 6.54. The van der Waals surface area contributed by atoms with E-state index in [9.17, 15) is 4.79 Å². The number of thioether (sulfide) groups is 1. The van der Waals surface area contributed by atoms with Crippen molar-refractivity contribution in [1.82, 2.24) is 9.97 Å². The maximum atomic E-state index is 12.3. The van der Waals surface area contributed by atoms with Gasteiger partial charge in [0, 0.05) is 18.9 Å². The van der Waals surface area contributed by atoms with E-state index >= 15 is 0 Å². The number of hydrogen-bond acceptors (Lipinski definition) is 7. The van der Waals surface area contributed by atoms with E-state index in [2.05, 4.69) is 36.1 Å². The van der Waals surface area contributed by atoms with Crippen LogP contribution in [0.4, 0.5) is 5.13 Å². The Morgan fingerprint density at radius 1 is 1.29 bits per heavy atom. The first-order valence-corrected chi connectivity index (χ1v) is 11.6. The number of rotatable bonds is 7. The molecule has 0 atom stereocenters. The summed E-state index contributed by atoms with van der Waals surface area (Å²) in [5.74, 6) is 2.79. The number of hydrogen-bond donors (Lipinski definition) is 2. The van der Waals surface area contributed by atoms with Gasteiger partial charge in [-0.25, -0.2) is 9.97 Å². The Hall–Kier alpha value is -1.38. The summed E-state index contributed by atoms with van der Waals surface area (Å²) in [5.41, 5.74) is 6.11. The third-order valence-electron chi connectivity index (χ3n) is 4.74. The molecular formula is C20H30N4O2S2. The minimum Gasteiger partial charge on any atom is -0.445 e. The molecule has 6 nitrogen and oxygen atoms in total. The fourth-order valence-corrected chi connectivity index (χ4v) is 5.10. The van der Waals surface area contributed by atoms with Crippen LogP contribution in [-0.4, -0.2) is 21.9 Å². The molecule has 2 aromatic heterocycles. The average Bonchev–Trinajstić information content (AvgIpc) is 3.23. The summed E-state index contributed by atoms with van der Waals surface area (Å²) in [6, 6.07) is 0.311. The lowest BCUT2D eigenvalue weighted by Crippen LogP contribution is -2.28. The summed E-state index contributed by atoms with van der Waals surface area (Å²) in [4.78, 5) is 20.9. The summed E-state index contributed by atoms with van der Waals surface area (Å²) < 4.78 is 6.86. The van der Waals surface area contributed by atoms with Crippen LogP contribution >= 0.6 is 23.1 Å². The molecule has 1 aliphatic rings. The van der Waals surface area contributed by atoms with Crippen LogP contribution in [0.1, 0.15) is 64.5 Å². The van der Waals surface area contributed by atoms with E-state index in [0.29, 0.717) is 29.3 Å². The highest BCUT2D eigenvalue weighted by Gasteiger charge is 2.21. The molecule has 1 amide bonds. The Labute approximate surface area is 175 Å². The largest absolute Gasteiger partial charge is 0.445 e. The maximum absolute atomic E-state index is 12.3. The second-order valence-electron chi connectivity index (χ2n) is 8.76. The molecular weight excluding hydrogens is 392 g/mol. The first kappa shape index (κ1) is 21.3. The van der Waals surface area contributed by atoms with E-state index in [1.54, 1.807) is 18.0 Å². The maximum Gasteiger partial charge on any atom is 0.226 e. The van der Waals surface area contributed by atoms with Crippen molar-refractivity contribution in [2.24, 2.45) is 17.1 Å². The van der Waals surface area contributed by atoms with E-state index in [1.165, 1.54) is 11.3 Å². The number of carbonyl (C=O) groups excluding carboxylic acids is 1. The van der Waals surface area contributed by atoms with Crippen molar-refractivity contribution >= 4 is 34.1 Å². The number of nitrogens with two attached hydrogens (primary N) is 1. The highest BCUT2D eigenvalue weighted by atomic mass is 32.2. The summed E-state index contributed by atoms with van der Waals surface area (Å²) in [6.07, 6.45) is 9.17. The van der Waals surface area contributed by atoms with Gasteiger partial charge in [-0.3, -0.25) is 4.79 Å². The highest BCUT2D eigenvalue weighted by Crippen LogP contribution is 2.32. The van der Waals surface area contributed by atoms with Gasteiger partial charge in [-0.1, -0.05) is 32.1 Å². The molecule has 1 aliphatic carbocycles. The van der Waals surface area contributed by atoms with Crippen molar-refractivity contribution in [2.45, 2.75) is 75.3 Å². The molecule has 2 aromatic rings. The van der Waals surface area contributed by atoms with E-state index in [4.69, 9.17) is 10.2 Å². The minimum absolute atomic E-state index is 0.0471. The summed E-state index contributed by atoms with van der Waals surface area (Å²) in [7, 11) is 0. The highest BCUT2D eigenvalue weighted by molar-refractivity contribution is 8.00. The first-order chi connectivity index (χ1) is 13.3. The van der Waals surface area contributed by atoms with Crippen LogP contribution in [0.3, 0.4) is 0 Å². The molecule has 154 valence electrons. The van der Waals surface area contributed by atoms with Crippen LogP contribution < -0.4 is 11.1 Å². The van der Waals surface area contributed by atoms with Gasteiger partial charge in [0.25, 0.3) is 0 Å². The van der Waals surface area contributed by atoms with Gasteiger partial charge in [-0.15, -0.1) is 11.8 Å². The number of nitrogens with one attached hydrogen (secondary N) is 1. The van der Waals surface area contributed by atoms with E-state index in [0.717, 1.165) is 48.0 Å². The van der Waals surface area contributed by atoms with Crippen LogP contribution in [-0.2, 0) is 17.0 Å². The molecule has 0 unspecified atom stereocenters. The van der Waals surface area contributed by atoms with Crippen molar-refractivity contribution in [3.05, 3.63) is 24.0 Å². The van der Waals surface area contributed by atoms with Crippen LogP contribution in [0.5, 0.6) is 0 Å². The molecule has 3 N–H and O–H groups in total. The van der Waals surface area contributed by atoms with Crippen molar-refractivity contribution < 1.29 is 9.21 Å². The van der Waals surface area contributed by atoms with Gasteiger partial charge in [0.2, 0.25) is 11.8 Å². The molecule has 0 aromatic carbocycles. The van der Waals surface area contributed by atoms with Crippen LogP contribution in [0, 0.1) is 11.3 Å². The van der Waals surface area contributed by atoms with Gasteiger partial charge in [-0.05, 0) is 37.0 Å². The predicted molar refractivity (Wildman–Crippen MR) is 115 cm³/mol. The number of carbonyl (C=O) groups is 1. The quantitative estimate of drug-likeness (QED) is 0.619. The molecule has 1 saturated carbocycles. The lowest BCUT2D eigenvalue weighted by molar-refractivity contribution is -0.117. The van der Waals surface area contributed by atoms with Gasteiger partial charge in [0.15, 0.2) is 5.13 Å². The van der Waals surface area contributed by atoms with Gasteiger partial charge >= 0.3 is 0 Å². The predicted octanol–water partition coefficient (Wildman–Crippen LogP) is 4.86. The number of oxazole rings is 1. The number of thiazole rings is 1. The molecule has 0 aliphatic heterocycles. The zero-order valence-corrected chi connectivity index (χ0v) is 18.5. The van der Waals surface area contributed by atoms with Crippen molar-refractivity contribution in [2.75, 3.05) is 5.32 Å². The fourth-order valence-electron chi connectivity index (χ4n) is 3.36. The number of aromatic nitrogens is 2. The fraction of sp³-hybridized carbons (Fsp3) is 0.650. The standard InChI is InChI=1S/C20H30N4O2S2/c1-20(2,3)9-15-10-22-17(26-15)12-27-18-11-23-19(28-18)24-16(25)8-13-4-6-14(21)7-5-13/h10-11,13-14H,4-9,12,21H2,1-3H3,(H,23,24,25). The summed E-state index contributed by atoms with van der Waals surface area (Å²) in [5, 5.41) is 3.59. The van der Waals surface area contributed by atoms with Crippen LogP contribution in [0.25, 0.3) is 0 Å². The van der Waals surface area contributed by atoms with Gasteiger partial charge < -0.3 is 15.5 Å². The zero-order chi connectivity index (χ0) is 20.1. The van der Waals surface area contributed by atoms with Gasteiger partial charge in [0.05, 0.1) is 22.4 Å². The average molecular weight is 423 g/mol. The SMILES string of the molecule is CC(C)(C)Cc1cnc(CSc2cnc(NC(=O)CC3CCC(N)CC3)s2)o1. The Morgan fingerprint density at radius 3 is 2.75 bits per heavy atom. The van der Waals surface area contributed by atoms with E-state index < -0.39 is 0 Å². The van der Waals surface area contributed by atoms with Crippen LogP contribution in [0.15, 0.2) is 21.0 Å². The third-order valence-corrected chi connectivity index (χ3v) is 6.83. The molecule has 8 heteroatoms. The number of anilines is 1. The van der Waals surface area contributed by atoms with E-state index in [-0.39, 0.29) is 11.3 Å². The van der Waals surface area contributed by atoms with Crippen molar-refractivity contribution in [3.63, 3.8) is 0 Å². The molecule has 28 heavy (non-hydrogen) atoms. The smallest absolute Gasteiger partial charge is 0.226 e. The molecule has 1 fully saturated rings. The van der Waals surface area contributed by atoms with Gasteiger partial charge in [-0.2, -0.15) is 0 Å². The van der Waals surface area contributed by atoms with Crippen LogP contribution in [0.2, 0.25) is 0 Å².